The van der Waals surface area contributed by atoms with Crippen molar-refractivity contribution in [1.82, 2.24) is 0 Å². The van der Waals surface area contributed by atoms with Crippen LogP contribution in [0.15, 0.2) is 24.3 Å². The summed E-state index contributed by atoms with van der Waals surface area (Å²) in [6, 6.07) is 7.53. The maximum Gasteiger partial charge on any atom is 0.331 e. The van der Waals surface area contributed by atoms with E-state index in [-0.39, 0.29) is 12.1 Å². The predicted molar refractivity (Wildman–Crippen MR) is 76.0 cm³/mol. The van der Waals surface area contributed by atoms with Crippen molar-refractivity contribution in [2.24, 2.45) is 0 Å². The van der Waals surface area contributed by atoms with E-state index in [1.54, 1.807) is 21.1 Å². The van der Waals surface area contributed by atoms with E-state index < -0.39 is 5.54 Å². The van der Waals surface area contributed by atoms with E-state index in [4.69, 9.17) is 14.2 Å². The normalized spacial score (nSPS) is 24.6. The number of ether oxygens (including phenoxy) is 3. The fourth-order valence-corrected chi connectivity index (χ4v) is 2.48. The summed E-state index contributed by atoms with van der Waals surface area (Å²) in [4.78, 5) is 12.2. The maximum absolute atomic E-state index is 12.2. The smallest absolute Gasteiger partial charge is 0.331 e. The highest BCUT2D eigenvalue weighted by Gasteiger charge is 2.52. The fraction of sp³-hybridized carbons (Fsp3) is 0.533. The molecule has 110 valence electrons. The summed E-state index contributed by atoms with van der Waals surface area (Å²) < 4.78 is 15.8. The van der Waals surface area contributed by atoms with Gasteiger partial charge in [-0.25, -0.2) is 4.79 Å². The van der Waals surface area contributed by atoms with Crippen LogP contribution in [0.1, 0.15) is 19.8 Å². The van der Waals surface area contributed by atoms with E-state index in [0.29, 0.717) is 25.2 Å². The molecule has 0 saturated heterocycles. The summed E-state index contributed by atoms with van der Waals surface area (Å²) >= 11 is 0. The number of hydrogen-bond donors (Lipinski definition) is 1. The van der Waals surface area contributed by atoms with Gasteiger partial charge in [0, 0.05) is 20.0 Å². The van der Waals surface area contributed by atoms with Crippen LogP contribution in [0, 0.1) is 0 Å². The number of methoxy groups -OCH3 is 2. The van der Waals surface area contributed by atoms with Gasteiger partial charge in [0.2, 0.25) is 0 Å². The number of rotatable bonds is 6. The third kappa shape index (κ3) is 2.72. The first-order valence-corrected chi connectivity index (χ1v) is 6.76. The number of esters is 1. The second-order valence-corrected chi connectivity index (χ2v) is 4.89. The van der Waals surface area contributed by atoms with Gasteiger partial charge in [-0.05, 0) is 19.1 Å². The number of carbonyl (C=O) groups is 1. The zero-order valence-electron chi connectivity index (χ0n) is 12.1. The predicted octanol–water partition coefficient (Wildman–Crippen LogP) is 2.22. The third-order valence-electron chi connectivity index (χ3n) is 3.63. The van der Waals surface area contributed by atoms with Crippen LogP contribution in [-0.4, -0.2) is 38.4 Å². The van der Waals surface area contributed by atoms with Crippen molar-refractivity contribution in [3.8, 4) is 5.75 Å². The maximum atomic E-state index is 12.2. The minimum atomic E-state index is -0.717. The molecule has 1 fully saturated rings. The van der Waals surface area contributed by atoms with Gasteiger partial charge in [-0.1, -0.05) is 12.1 Å². The topological polar surface area (TPSA) is 56.8 Å². The Morgan fingerprint density at radius 2 is 2.05 bits per heavy atom. The molecule has 0 atom stereocenters. The van der Waals surface area contributed by atoms with Crippen molar-refractivity contribution in [1.29, 1.82) is 0 Å². The number of benzene rings is 1. The van der Waals surface area contributed by atoms with Crippen molar-refractivity contribution in [3.63, 3.8) is 0 Å². The molecule has 2 rings (SSSR count). The van der Waals surface area contributed by atoms with E-state index in [2.05, 4.69) is 5.32 Å². The quantitative estimate of drug-likeness (QED) is 0.809. The molecule has 5 nitrogen and oxygen atoms in total. The molecule has 1 saturated carbocycles. The lowest BCUT2D eigenvalue weighted by Gasteiger charge is -2.45. The summed E-state index contributed by atoms with van der Waals surface area (Å²) in [6.45, 7) is 2.17. The van der Waals surface area contributed by atoms with Gasteiger partial charge in [-0.3, -0.25) is 0 Å². The van der Waals surface area contributed by atoms with Crippen molar-refractivity contribution in [2.75, 3.05) is 26.1 Å². The van der Waals surface area contributed by atoms with Crippen LogP contribution in [0.2, 0.25) is 0 Å². The van der Waals surface area contributed by atoms with E-state index in [9.17, 15) is 4.79 Å². The SMILES string of the molecule is CCOC(=O)C1(Nc2ccccc2OC)CC(OC)C1. The molecule has 1 aliphatic carbocycles. The van der Waals surface area contributed by atoms with Gasteiger partial charge in [0.25, 0.3) is 0 Å². The first kappa shape index (κ1) is 14.7. The van der Waals surface area contributed by atoms with E-state index >= 15 is 0 Å². The summed E-state index contributed by atoms with van der Waals surface area (Å²) in [5.74, 6) is 0.469. The summed E-state index contributed by atoms with van der Waals surface area (Å²) in [6.07, 6.45) is 1.28. The Bertz CT molecular complexity index is 469. The molecule has 1 aromatic carbocycles. The van der Waals surface area contributed by atoms with Crippen molar-refractivity contribution >= 4 is 11.7 Å². The Hall–Kier alpha value is -1.75. The lowest BCUT2D eigenvalue weighted by molar-refractivity contribution is -0.157. The Balaban J connectivity index is 2.19. The van der Waals surface area contributed by atoms with Gasteiger partial charge >= 0.3 is 5.97 Å². The Morgan fingerprint density at radius 1 is 1.35 bits per heavy atom. The average molecular weight is 279 g/mol. The molecule has 0 unspecified atom stereocenters. The van der Waals surface area contributed by atoms with Crippen molar-refractivity contribution in [3.05, 3.63) is 24.3 Å². The number of hydrogen-bond acceptors (Lipinski definition) is 5. The van der Waals surface area contributed by atoms with Crippen molar-refractivity contribution < 1.29 is 19.0 Å². The number of nitrogens with one attached hydrogen (secondary N) is 1. The lowest BCUT2D eigenvalue weighted by Crippen LogP contribution is -2.59. The first-order valence-electron chi connectivity index (χ1n) is 6.76. The molecule has 0 spiro atoms. The van der Waals surface area contributed by atoms with Crippen LogP contribution in [0.25, 0.3) is 0 Å². The second-order valence-electron chi connectivity index (χ2n) is 4.89. The highest BCUT2D eigenvalue weighted by molar-refractivity contribution is 5.86. The Kier molecular flexibility index (Phi) is 4.49. The number of anilines is 1. The summed E-state index contributed by atoms with van der Waals surface area (Å²) in [5.41, 5.74) is 0.0725. The highest BCUT2D eigenvalue weighted by Crippen LogP contribution is 2.40. The van der Waals surface area contributed by atoms with Gasteiger partial charge in [-0.2, -0.15) is 0 Å². The summed E-state index contributed by atoms with van der Waals surface area (Å²) in [5, 5.41) is 3.28. The molecule has 1 aliphatic rings. The molecule has 5 heteroatoms. The van der Waals surface area contributed by atoms with E-state index in [0.717, 1.165) is 5.69 Å². The molecule has 0 aromatic heterocycles. The van der Waals surface area contributed by atoms with Crippen LogP contribution in [-0.2, 0) is 14.3 Å². The number of carbonyl (C=O) groups excluding carboxylic acids is 1. The first-order chi connectivity index (χ1) is 9.65. The number of para-hydroxylation sites is 2. The molecule has 0 amide bonds. The minimum absolute atomic E-state index is 0.0848. The third-order valence-corrected chi connectivity index (χ3v) is 3.63. The Labute approximate surface area is 119 Å². The van der Waals surface area contributed by atoms with Crippen LogP contribution in [0.4, 0.5) is 5.69 Å². The van der Waals surface area contributed by atoms with E-state index in [1.165, 1.54) is 0 Å². The molecule has 0 bridgehead atoms. The lowest BCUT2D eigenvalue weighted by atomic mass is 9.74. The molecule has 0 aliphatic heterocycles. The molecule has 1 N–H and O–H groups in total. The molecule has 0 radical (unpaired) electrons. The van der Waals surface area contributed by atoms with Gasteiger partial charge in [0.05, 0.1) is 25.5 Å². The zero-order valence-corrected chi connectivity index (χ0v) is 12.1. The van der Waals surface area contributed by atoms with Crippen molar-refractivity contribution in [2.45, 2.75) is 31.4 Å². The van der Waals surface area contributed by atoms with Gasteiger partial charge in [-0.15, -0.1) is 0 Å². The van der Waals surface area contributed by atoms with Gasteiger partial charge < -0.3 is 19.5 Å². The molecular weight excluding hydrogens is 258 g/mol. The van der Waals surface area contributed by atoms with Crippen LogP contribution in [0.3, 0.4) is 0 Å². The fourth-order valence-electron chi connectivity index (χ4n) is 2.48. The minimum Gasteiger partial charge on any atom is -0.495 e. The average Bonchev–Trinajstić information content (AvgIpc) is 2.43. The van der Waals surface area contributed by atoms with Gasteiger partial charge in [0.1, 0.15) is 11.3 Å². The largest absolute Gasteiger partial charge is 0.495 e. The molecule has 0 heterocycles. The monoisotopic (exact) mass is 279 g/mol. The van der Waals surface area contributed by atoms with Crippen LogP contribution >= 0.6 is 0 Å². The summed E-state index contributed by atoms with van der Waals surface area (Å²) in [7, 11) is 3.26. The van der Waals surface area contributed by atoms with Gasteiger partial charge in [0.15, 0.2) is 0 Å². The second kappa shape index (κ2) is 6.13. The highest BCUT2D eigenvalue weighted by atomic mass is 16.5. The van der Waals surface area contributed by atoms with E-state index in [1.807, 2.05) is 24.3 Å². The van der Waals surface area contributed by atoms with Crippen LogP contribution in [0.5, 0.6) is 5.75 Å². The molecular formula is C15H21NO4. The standard InChI is InChI=1S/C15H21NO4/c1-4-20-14(17)15(9-11(10-15)18-2)16-12-7-5-6-8-13(12)19-3/h5-8,11,16H,4,9-10H2,1-3H3. The Morgan fingerprint density at radius 3 is 2.65 bits per heavy atom. The molecule has 20 heavy (non-hydrogen) atoms. The molecule has 1 aromatic rings. The zero-order chi connectivity index (χ0) is 14.6. The van der Waals surface area contributed by atoms with Crippen LogP contribution < -0.4 is 10.1 Å².